The summed E-state index contributed by atoms with van der Waals surface area (Å²) in [5, 5.41) is 13.1. The van der Waals surface area contributed by atoms with Gasteiger partial charge in [0.05, 0.1) is 11.9 Å². The lowest BCUT2D eigenvalue weighted by Crippen LogP contribution is -2.35. The molecule has 0 saturated carbocycles. The van der Waals surface area contributed by atoms with Gasteiger partial charge >= 0.3 is 6.18 Å². The maximum atomic E-state index is 13.5. The van der Waals surface area contributed by atoms with Gasteiger partial charge in [0, 0.05) is 40.3 Å². The van der Waals surface area contributed by atoms with E-state index < -0.39 is 25.4 Å². The van der Waals surface area contributed by atoms with Crippen LogP contribution in [-0.4, -0.2) is 49.3 Å². The lowest BCUT2D eigenvalue weighted by Gasteiger charge is -2.23. The van der Waals surface area contributed by atoms with Gasteiger partial charge in [-0.2, -0.15) is 18.3 Å². The number of nitrogens with zero attached hydrogens (tertiary/aromatic N) is 3. The van der Waals surface area contributed by atoms with E-state index in [2.05, 4.69) is 24.7 Å². The van der Waals surface area contributed by atoms with Crippen molar-refractivity contribution in [3.05, 3.63) is 22.1 Å². The van der Waals surface area contributed by atoms with E-state index in [0.717, 1.165) is 16.9 Å². The highest BCUT2D eigenvalue weighted by Gasteiger charge is 2.40. The number of aliphatic hydroxyl groups excluding tert-OH is 1. The quantitative estimate of drug-likeness (QED) is 0.569. The van der Waals surface area contributed by atoms with Gasteiger partial charge in [-0.15, -0.1) is 0 Å². The highest BCUT2D eigenvalue weighted by molar-refractivity contribution is 6.76. The summed E-state index contributed by atoms with van der Waals surface area (Å²) in [5.74, 6) is -0.0941. The van der Waals surface area contributed by atoms with Gasteiger partial charge in [-0.3, -0.25) is 4.79 Å². The summed E-state index contributed by atoms with van der Waals surface area (Å²) < 4.78 is 46.6. The van der Waals surface area contributed by atoms with E-state index >= 15 is 0 Å². The fourth-order valence-corrected chi connectivity index (χ4v) is 3.56. The molecule has 6 nitrogen and oxygen atoms in total. The second-order valence-corrected chi connectivity index (χ2v) is 13.5. The molecule has 1 fully saturated rings. The number of halogens is 3. The number of anilines is 1. The summed E-state index contributed by atoms with van der Waals surface area (Å²) in [6.45, 7) is 7.10. The Morgan fingerprint density at radius 3 is 2.62 bits per heavy atom. The third-order valence-corrected chi connectivity index (χ3v) is 6.11. The molecule has 1 aromatic heterocycles. The van der Waals surface area contributed by atoms with Gasteiger partial charge < -0.3 is 14.7 Å². The lowest BCUT2D eigenvalue weighted by molar-refractivity contribution is -0.138. The van der Waals surface area contributed by atoms with Crippen molar-refractivity contribution in [2.45, 2.75) is 45.0 Å². The smallest absolute Gasteiger partial charge is 0.396 e. The van der Waals surface area contributed by atoms with Crippen LogP contribution in [0.25, 0.3) is 0 Å². The van der Waals surface area contributed by atoms with Crippen molar-refractivity contribution in [3.63, 3.8) is 0 Å². The largest absolute Gasteiger partial charge is 0.423 e. The Labute approximate surface area is 151 Å². The first-order chi connectivity index (χ1) is 12.0. The molecular weight excluding hydrogens is 367 g/mol. The van der Waals surface area contributed by atoms with Crippen molar-refractivity contribution in [2.75, 3.05) is 31.2 Å². The minimum absolute atomic E-state index is 0.0900. The summed E-state index contributed by atoms with van der Waals surface area (Å²) in [4.78, 5) is 13.8. The summed E-state index contributed by atoms with van der Waals surface area (Å²) in [6.07, 6.45) is -3.13. The normalized spacial score (nSPS) is 18.6. The Hall–Kier alpha value is -1.39. The molecule has 2 heterocycles. The Kier molecular flexibility index (Phi) is 6.51. The Bertz CT molecular complexity index is 673. The first kappa shape index (κ1) is 20.9. The Morgan fingerprint density at radius 2 is 2.08 bits per heavy atom. The molecule has 0 amide bonds. The average molecular weight is 393 g/mol. The van der Waals surface area contributed by atoms with Gasteiger partial charge in [0.25, 0.3) is 5.56 Å². The van der Waals surface area contributed by atoms with Gasteiger partial charge in [0.1, 0.15) is 12.3 Å². The molecular formula is C16H26F3N3O3Si. The van der Waals surface area contributed by atoms with Crippen LogP contribution < -0.4 is 10.5 Å². The van der Waals surface area contributed by atoms with E-state index in [1.807, 2.05) is 0 Å². The molecule has 26 heavy (non-hydrogen) atoms. The van der Waals surface area contributed by atoms with Gasteiger partial charge in [-0.1, -0.05) is 19.6 Å². The zero-order chi connectivity index (χ0) is 19.5. The van der Waals surface area contributed by atoms with Gasteiger partial charge in [0.15, 0.2) is 0 Å². The van der Waals surface area contributed by atoms with Crippen LogP contribution in [0.2, 0.25) is 25.7 Å². The molecule has 1 aromatic rings. The topological polar surface area (TPSA) is 67.6 Å². The number of hydrogen-bond donors (Lipinski definition) is 1. The van der Waals surface area contributed by atoms with E-state index in [-0.39, 0.29) is 31.5 Å². The van der Waals surface area contributed by atoms with E-state index in [0.29, 0.717) is 19.6 Å². The van der Waals surface area contributed by atoms with E-state index in [1.165, 1.54) is 4.90 Å². The van der Waals surface area contributed by atoms with Crippen LogP contribution in [0.4, 0.5) is 18.9 Å². The van der Waals surface area contributed by atoms with E-state index in [1.54, 1.807) is 0 Å². The fraction of sp³-hybridized carbons (Fsp3) is 0.750. The third kappa shape index (κ3) is 5.30. The lowest BCUT2D eigenvalue weighted by atomic mass is 10.1. The molecule has 0 aromatic carbocycles. The Morgan fingerprint density at radius 1 is 1.38 bits per heavy atom. The predicted octanol–water partition coefficient (Wildman–Crippen LogP) is 2.39. The summed E-state index contributed by atoms with van der Waals surface area (Å²) in [6, 6.07) is 0.849. The van der Waals surface area contributed by atoms with Crippen molar-refractivity contribution in [1.29, 1.82) is 0 Å². The first-order valence-electron chi connectivity index (χ1n) is 8.64. The maximum absolute atomic E-state index is 13.5. The average Bonchev–Trinajstić information content (AvgIpc) is 2.99. The van der Waals surface area contributed by atoms with Crippen LogP contribution in [0, 0.1) is 5.92 Å². The van der Waals surface area contributed by atoms with Crippen molar-refractivity contribution in [2.24, 2.45) is 5.92 Å². The molecule has 1 unspecified atom stereocenters. The molecule has 0 spiro atoms. The van der Waals surface area contributed by atoms with Crippen LogP contribution in [0.5, 0.6) is 0 Å². The molecule has 1 aliphatic rings. The highest BCUT2D eigenvalue weighted by atomic mass is 28.3. The molecule has 0 bridgehead atoms. The summed E-state index contributed by atoms with van der Waals surface area (Å²) in [5.41, 5.74) is -2.65. The number of ether oxygens (including phenoxy) is 1. The number of alkyl halides is 3. The molecule has 10 heteroatoms. The molecule has 1 saturated heterocycles. The zero-order valence-corrected chi connectivity index (χ0v) is 16.3. The highest BCUT2D eigenvalue weighted by Crippen LogP contribution is 2.35. The molecule has 0 radical (unpaired) electrons. The van der Waals surface area contributed by atoms with E-state index in [9.17, 15) is 23.1 Å². The molecule has 0 aliphatic carbocycles. The number of rotatable bonds is 7. The number of hydrogen-bond acceptors (Lipinski definition) is 5. The third-order valence-electron chi connectivity index (χ3n) is 4.40. The SMILES string of the molecule is C[Si](C)(C)CCOCn1ncc(N2CCC(CO)C2)c(C(F)(F)F)c1=O. The monoisotopic (exact) mass is 393 g/mol. The van der Waals surface area contributed by atoms with Crippen LogP contribution in [0.1, 0.15) is 12.0 Å². The summed E-state index contributed by atoms with van der Waals surface area (Å²) in [7, 11) is -1.33. The van der Waals surface area contributed by atoms with E-state index in [4.69, 9.17) is 4.74 Å². The van der Waals surface area contributed by atoms with Gasteiger partial charge in [0.2, 0.25) is 0 Å². The number of aliphatic hydroxyl groups is 1. The Balaban J connectivity index is 2.22. The first-order valence-corrected chi connectivity index (χ1v) is 12.3. The van der Waals surface area contributed by atoms with Gasteiger partial charge in [-0.25, -0.2) is 4.68 Å². The molecule has 1 aliphatic heterocycles. The number of aromatic nitrogens is 2. The van der Waals surface area contributed by atoms with Crippen molar-refractivity contribution >= 4 is 13.8 Å². The second kappa shape index (κ2) is 8.09. The minimum Gasteiger partial charge on any atom is -0.396 e. The molecule has 1 atom stereocenters. The second-order valence-electron chi connectivity index (χ2n) is 7.84. The van der Waals surface area contributed by atoms with Crippen LogP contribution in [0.15, 0.2) is 11.0 Å². The fourth-order valence-electron chi connectivity index (χ4n) is 2.81. The van der Waals surface area contributed by atoms with Crippen molar-refractivity contribution in [3.8, 4) is 0 Å². The molecule has 148 valence electrons. The van der Waals surface area contributed by atoms with Crippen LogP contribution >= 0.6 is 0 Å². The maximum Gasteiger partial charge on any atom is 0.423 e. The zero-order valence-electron chi connectivity index (χ0n) is 15.3. The van der Waals surface area contributed by atoms with Crippen LogP contribution in [0.3, 0.4) is 0 Å². The van der Waals surface area contributed by atoms with Crippen molar-refractivity contribution in [1.82, 2.24) is 9.78 Å². The minimum atomic E-state index is -4.78. The van der Waals surface area contributed by atoms with Crippen LogP contribution in [-0.2, 0) is 17.6 Å². The molecule has 2 rings (SSSR count). The van der Waals surface area contributed by atoms with Crippen molar-refractivity contribution < 1.29 is 23.0 Å². The van der Waals surface area contributed by atoms with Gasteiger partial charge in [-0.05, 0) is 12.5 Å². The standard InChI is InChI=1S/C16H26F3N3O3Si/c1-26(2,3)7-6-25-11-22-15(24)14(16(17,18)19)13(8-20-22)21-5-4-12(9-21)10-23/h8,12,23H,4-7,9-11H2,1-3H3. The summed E-state index contributed by atoms with van der Waals surface area (Å²) >= 11 is 0. The predicted molar refractivity (Wildman–Crippen MR) is 95.0 cm³/mol. The molecule has 1 N–H and O–H groups in total.